The lowest BCUT2D eigenvalue weighted by molar-refractivity contribution is 0.0651. The zero-order valence-electron chi connectivity index (χ0n) is 7.59. The molecule has 3 nitrogen and oxygen atoms in total. The number of morpholine rings is 1. The van der Waals surface area contributed by atoms with E-state index in [1.165, 1.54) is 32.5 Å². The maximum absolute atomic E-state index is 5.40. The molecule has 70 valence electrons. The van der Waals surface area contributed by atoms with Crippen LogP contribution in [0.1, 0.15) is 12.8 Å². The Balaban J connectivity index is 1.69. The van der Waals surface area contributed by atoms with Gasteiger partial charge in [0.25, 0.3) is 0 Å². The van der Waals surface area contributed by atoms with E-state index in [2.05, 4.69) is 10.2 Å². The lowest BCUT2D eigenvalue weighted by Crippen LogP contribution is -2.47. The van der Waals surface area contributed by atoms with Gasteiger partial charge < -0.3 is 15.0 Å². The van der Waals surface area contributed by atoms with Crippen molar-refractivity contribution in [1.82, 2.24) is 10.2 Å². The average molecular weight is 170 g/mol. The molecule has 0 saturated carbocycles. The Hall–Kier alpha value is -0.120. The van der Waals surface area contributed by atoms with Gasteiger partial charge in [-0.05, 0) is 25.9 Å². The highest BCUT2D eigenvalue weighted by atomic mass is 16.5. The van der Waals surface area contributed by atoms with Crippen molar-refractivity contribution in [2.45, 2.75) is 18.9 Å². The molecule has 3 heteroatoms. The first-order chi connectivity index (χ1) is 5.95. The van der Waals surface area contributed by atoms with Gasteiger partial charge in [-0.3, -0.25) is 0 Å². The van der Waals surface area contributed by atoms with Crippen molar-refractivity contribution in [2.24, 2.45) is 0 Å². The van der Waals surface area contributed by atoms with Crippen LogP contribution in [0.25, 0.3) is 0 Å². The summed E-state index contributed by atoms with van der Waals surface area (Å²) in [6.45, 7) is 6.57. The van der Waals surface area contributed by atoms with Gasteiger partial charge in [0.05, 0.1) is 13.2 Å². The van der Waals surface area contributed by atoms with Crippen LogP contribution in [0.2, 0.25) is 0 Å². The fraction of sp³-hybridized carbons (Fsp3) is 1.00. The van der Waals surface area contributed by atoms with Gasteiger partial charge >= 0.3 is 0 Å². The van der Waals surface area contributed by atoms with Gasteiger partial charge in [0.2, 0.25) is 0 Å². The quantitative estimate of drug-likeness (QED) is 0.635. The van der Waals surface area contributed by atoms with Crippen molar-refractivity contribution in [3.05, 3.63) is 0 Å². The van der Waals surface area contributed by atoms with E-state index in [-0.39, 0.29) is 0 Å². The summed E-state index contributed by atoms with van der Waals surface area (Å²) < 4.78 is 5.40. The van der Waals surface area contributed by atoms with Crippen molar-refractivity contribution >= 4 is 0 Å². The molecule has 0 bridgehead atoms. The number of nitrogens with one attached hydrogen (secondary N) is 1. The Morgan fingerprint density at radius 1 is 1.33 bits per heavy atom. The summed E-state index contributed by atoms with van der Waals surface area (Å²) in [6.07, 6.45) is 2.77. The summed E-state index contributed by atoms with van der Waals surface area (Å²) in [5.74, 6) is 0. The molecule has 0 radical (unpaired) electrons. The van der Waals surface area contributed by atoms with E-state index in [0.29, 0.717) is 6.04 Å². The number of ether oxygens (including phenoxy) is 1. The van der Waals surface area contributed by atoms with Crippen LogP contribution in [0.4, 0.5) is 0 Å². The molecule has 1 N–H and O–H groups in total. The average Bonchev–Trinajstić information content (AvgIpc) is 2.59. The number of nitrogens with zero attached hydrogens (tertiary/aromatic N) is 1. The van der Waals surface area contributed by atoms with Crippen molar-refractivity contribution in [3.8, 4) is 0 Å². The van der Waals surface area contributed by atoms with E-state index in [1.807, 2.05) is 0 Å². The summed E-state index contributed by atoms with van der Waals surface area (Å²) in [5.41, 5.74) is 0. The first-order valence-electron chi connectivity index (χ1n) is 4.98. The Bertz CT molecular complexity index is 128. The van der Waals surface area contributed by atoms with Crippen LogP contribution in [0.5, 0.6) is 0 Å². The zero-order chi connectivity index (χ0) is 8.23. The van der Waals surface area contributed by atoms with E-state index < -0.39 is 0 Å². The lowest BCUT2D eigenvalue weighted by atomic mass is 10.2. The monoisotopic (exact) mass is 170 g/mol. The highest BCUT2D eigenvalue weighted by molar-refractivity contribution is 4.77. The molecule has 1 atom stereocenters. The Morgan fingerprint density at radius 2 is 2.17 bits per heavy atom. The van der Waals surface area contributed by atoms with Crippen LogP contribution in [0.3, 0.4) is 0 Å². The van der Waals surface area contributed by atoms with Crippen molar-refractivity contribution in [2.75, 3.05) is 39.4 Å². The van der Waals surface area contributed by atoms with Crippen LogP contribution in [0.15, 0.2) is 0 Å². The molecule has 2 rings (SSSR count). The number of hydrogen-bond donors (Lipinski definition) is 1. The normalized spacial score (nSPS) is 32.5. The molecule has 0 aromatic heterocycles. The van der Waals surface area contributed by atoms with E-state index in [0.717, 1.165) is 19.8 Å². The van der Waals surface area contributed by atoms with Crippen molar-refractivity contribution in [1.29, 1.82) is 0 Å². The van der Waals surface area contributed by atoms with E-state index >= 15 is 0 Å². The van der Waals surface area contributed by atoms with E-state index in [4.69, 9.17) is 4.74 Å². The minimum absolute atomic E-state index is 0.580. The largest absolute Gasteiger partial charge is 0.378 e. The predicted octanol–water partition coefficient (Wildman–Crippen LogP) is 0.0706. The zero-order valence-corrected chi connectivity index (χ0v) is 7.59. The molecule has 0 spiro atoms. The van der Waals surface area contributed by atoms with Gasteiger partial charge in [0, 0.05) is 19.1 Å². The lowest BCUT2D eigenvalue weighted by Gasteiger charge is -2.27. The maximum atomic E-state index is 5.40. The van der Waals surface area contributed by atoms with Crippen molar-refractivity contribution < 1.29 is 4.74 Å². The standard InChI is InChI=1S/C9H18N2O/c1-2-5-11(4-1)7-9-8-12-6-3-10-9/h9-10H,1-8H2/t9-/m0/s1. The molecule has 0 amide bonds. The molecule has 0 aliphatic carbocycles. The topological polar surface area (TPSA) is 24.5 Å². The third-order valence-electron chi connectivity index (χ3n) is 2.68. The summed E-state index contributed by atoms with van der Waals surface area (Å²) in [7, 11) is 0. The SMILES string of the molecule is C1CCN(C[C@H]2COCCN2)C1. The van der Waals surface area contributed by atoms with Crippen LogP contribution in [-0.4, -0.2) is 50.3 Å². The first kappa shape index (κ1) is 8.48. The van der Waals surface area contributed by atoms with Gasteiger partial charge in [-0.2, -0.15) is 0 Å². The molecular weight excluding hydrogens is 152 g/mol. The van der Waals surface area contributed by atoms with Crippen LogP contribution >= 0.6 is 0 Å². The van der Waals surface area contributed by atoms with Crippen LogP contribution in [-0.2, 0) is 4.74 Å². The Morgan fingerprint density at radius 3 is 2.83 bits per heavy atom. The molecule has 2 saturated heterocycles. The predicted molar refractivity (Wildman–Crippen MR) is 48.3 cm³/mol. The van der Waals surface area contributed by atoms with E-state index in [1.54, 1.807) is 0 Å². The van der Waals surface area contributed by atoms with Crippen LogP contribution in [0, 0.1) is 0 Å². The number of rotatable bonds is 2. The maximum Gasteiger partial charge on any atom is 0.0632 e. The minimum atomic E-state index is 0.580. The third kappa shape index (κ3) is 2.19. The minimum Gasteiger partial charge on any atom is -0.378 e. The number of hydrogen-bond acceptors (Lipinski definition) is 3. The summed E-state index contributed by atoms with van der Waals surface area (Å²) in [4.78, 5) is 2.53. The van der Waals surface area contributed by atoms with Gasteiger partial charge in [-0.25, -0.2) is 0 Å². The molecule has 0 unspecified atom stereocenters. The Labute approximate surface area is 74.1 Å². The molecule has 2 aliphatic heterocycles. The molecular formula is C9H18N2O. The third-order valence-corrected chi connectivity index (χ3v) is 2.68. The molecule has 2 fully saturated rings. The second-order valence-corrected chi connectivity index (χ2v) is 3.73. The van der Waals surface area contributed by atoms with Gasteiger partial charge in [-0.1, -0.05) is 0 Å². The smallest absolute Gasteiger partial charge is 0.0632 e. The van der Waals surface area contributed by atoms with Crippen molar-refractivity contribution in [3.63, 3.8) is 0 Å². The summed E-state index contributed by atoms with van der Waals surface area (Å²) in [6, 6.07) is 0.580. The van der Waals surface area contributed by atoms with Crippen LogP contribution < -0.4 is 5.32 Å². The van der Waals surface area contributed by atoms with E-state index in [9.17, 15) is 0 Å². The molecule has 2 heterocycles. The van der Waals surface area contributed by atoms with Gasteiger partial charge in [0.1, 0.15) is 0 Å². The molecule has 12 heavy (non-hydrogen) atoms. The fourth-order valence-corrected chi connectivity index (χ4v) is 2.01. The second-order valence-electron chi connectivity index (χ2n) is 3.73. The summed E-state index contributed by atoms with van der Waals surface area (Å²) >= 11 is 0. The highest BCUT2D eigenvalue weighted by Gasteiger charge is 2.18. The molecule has 0 aromatic rings. The fourth-order valence-electron chi connectivity index (χ4n) is 2.01. The first-order valence-corrected chi connectivity index (χ1v) is 4.98. The summed E-state index contributed by atoms with van der Waals surface area (Å²) in [5, 5.41) is 3.48. The second kappa shape index (κ2) is 4.21. The van der Waals surface area contributed by atoms with Gasteiger partial charge in [-0.15, -0.1) is 0 Å². The Kier molecular flexibility index (Phi) is 2.98. The van der Waals surface area contributed by atoms with Gasteiger partial charge in [0.15, 0.2) is 0 Å². The molecule has 2 aliphatic rings. The highest BCUT2D eigenvalue weighted by Crippen LogP contribution is 2.08. The number of likely N-dealkylation sites (tertiary alicyclic amines) is 1. The molecule has 0 aromatic carbocycles.